The molecule has 1 aromatic carbocycles. The lowest BCUT2D eigenvalue weighted by molar-refractivity contribution is -0.134. The maximum Gasteiger partial charge on any atom is 0.230 e. The zero-order chi connectivity index (χ0) is 17.6. The number of nitrogens with zero attached hydrogens (tertiary/aromatic N) is 4. The van der Waals surface area contributed by atoms with Gasteiger partial charge in [-0.05, 0) is 11.1 Å². The van der Waals surface area contributed by atoms with Crippen LogP contribution in [0.25, 0.3) is 0 Å². The number of fused-ring (bicyclic) bond motifs is 3. The van der Waals surface area contributed by atoms with E-state index in [1.165, 1.54) is 11.1 Å². The maximum atomic E-state index is 12.7. The minimum absolute atomic E-state index is 0.0720. The number of carbonyl (C=O) groups is 1. The fraction of sp³-hybridized carbons (Fsp3) is 0.526. The number of piperazine rings is 1. The Bertz CT molecular complexity index is 798. The summed E-state index contributed by atoms with van der Waals surface area (Å²) in [5.74, 6) is 1.04. The highest BCUT2D eigenvalue weighted by Gasteiger charge is 2.40. The Morgan fingerprint density at radius 3 is 2.88 bits per heavy atom. The molecule has 4 rings (SSSR count). The van der Waals surface area contributed by atoms with E-state index in [-0.39, 0.29) is 23.8 Å². The van der Waals surface area contributed by atoms with Crippen LogP contribution in [-0.2, 0) is 16.6 Å². The molecule has 132 valence electrons. The van der Waals surface area contributed by atoms with Crippen LogP contribution in [-0.4, -0.2) is 52.0 Å². The third kappa shape index (κ3) is 2.95. The standard InChI is InChI=1S/C19H24N4O2/c1-13-20-17(21-25-13)10-18(24)22-8-9-23-12-19(2,3)15-7-5-4-6-14(15)16(23)11-22/h4-7,16H,8-12H2,1-3H3. The van der Waals surface area contributed by atoms with Gasteiger partial charge in [-0.2, -0.15) is 4.98 Å². The Kier molecular flexibility index (Phi) is 3.87. The van der Waals surface area contributed by atoms with Gasteiger partial charge in [0.15, 0.2) is 5.82 Å². The van der Waals surface area contributed by atoms with E-state index < -0.39 is 0 Å². The number of rotatable bonds is 2. The predicted molar refractivity (Wildman–Crippen MR) is 93.1 cm³/mol. The summed E-state index contributed by atoms with van der Waals surface area (Å²) in [5, 5.41) is 3.84. The summed E-state index contributed by atoms with van der Waals surface area (Å²) in [4.78, 5) is 21.3. The molecule has 0 saturated carbocycles. The zero-order valence-electron chi connectivity index (χ0n) is 15.0. The second kappa shape index (κ2) is 5.95. The molecule has 0 N–H and O–H groups in total. The van der Waals surface area contributed by atoms with Crippen LogP contribution >= 0.6 is 0 Å². The first-order chi connectivity index (χ1) is 11.9. The van der Waals surface area contributed by atoms with E-state index in [0.717, 1.165) is 26.2 Å². The highest BCUT2D eigenvalue weighted by atomic mass is 16.5. The van der Waals surface area contributed by atoms with E-state index in [2.05, 4.69) is 53.2 Å². The largest absolute Gasteiger partial charge is 0.340 e. The average molecular weight is 340 g/mol. The number of carbonyl (C=O) groups excluding carboxylic acids is 1. The molecule has 0 spiro atoms. The molecule has 1 saturated heterocycles. The third-order valence-corrected chi connectivity index (χ3v) is 5.37. The van der Waals surface area contributed by atoms with Crippen LogP contribution in [0.15, 0.2) is 28.8 Å². The third-order valence-electron chi connectivity index (χ3n) is 5.37. The van der Waals surface area contributed by atoms with Crippen LogP contribution in [0, 0.1) is 6.92 Å². The van der Waals surface area contributed by atoms with Crippen LogP contribution in [0.1, 0.15) is 42.7 Å². The number of aryl methyl sites for hydroxylation is 1. The molecule has 0 radical (unpaired) electrons. The average Bonchev–Trinajstić information content (AvgIpc) is 2.99. The summed E-state index contributed by atoms with van der Waals surface area (Å²) < 4.78 is 4.97. The SMILES string of the molecule is Cc1nc(CC(=O)N2CCN3CC(C)(C)c4ccccc4C3C2)no1. The Morgan fingerprint density at radius 1 is 1.32 bits per heavy atom. The summed E-state index contributed by atoms with van der Waals surface area (Å²) in [5.41, 5.74) is 2.90. The van der Waals surface area contributed by atoms with Crippen LogP contribution in [0.2, 0.25) is 0 Å². The van der Waals surface area contributed by atoms with E-state index >= 15 is 0 Å². The van der Waals surface area contributed by atoms with Crippen molar-refractivity contribution in [2.24, 2.45) is 0 Å². The molecular formula is C19H24N4O2. The normalized spacial score (nSPS) is 22.4. The molecule has 2 aliphatic heterocycles. The summed E-state index contributed by atoms with van der Waals surface area (Å²) in [7, 11) is 0. The van der Waals surface area contributed by atoms with Crippen LogP contribution in [0.4, 0.5) is 0 Å². The van der Waals surface area contributed by atoms with Crippen LogP contribution in [0.3, 0.4) is 0 Å². The number of aromatic nitrogens is 2. The van der Waals surface area contributed by atoms with Gasteiger partial charge in [-0.1, -0.05) is 43.3 Å². The fourth-order valence-electron chi connectivity index (χ4n) is 4.19. The van der Waals surface area contributed by atoms with Crippen LogP contribution in [0.5, 0.6) is 0 Å². The summed E-state index contributed by atoms with van der Waals surface area (Å²) in [6.07, 6.45) is 0.206. The molecule has 1 unspecified atom stereocenters. The van der Waals surface area contributed by atoms with Crippen molar-refractivity contribution in [2.45, 2.75) is 38.6 Å². The van der Waals surface area contributed by atoms with Crippen molar-refractivity contribution < 1.29 is 9.32 Å². The van der Waals surface area contributed by atoms with Gasteiger partial charge in [0.05, 0.1) is 12.5 Å². The van der Waals surface area contributed by atoms with E-state index in [1.807, 2.05) is 4.90 Å². The number of hydrogen-bond acceptors (Lipinski definition) is 5. The van der Waals surface area contributed by atoms with E-state index in [4.69, 9.17) is 4.52 Å². The lowest BCUT2D eigenvalue weighted by atomic mass is 9.75. The van der Waals surface area contributed by atoms with E-state index in [1.54, 1.807) is 6.92 Å². The Labute approximate surface area is 147 Å². The van der Waals surface area contributed by atoms with E-state index in [9.17, 15) is 4.79 Å². The van der Waals surface area contributed by atoms with Crippen molar-refractivity contribution >= 4 is 5.91 Å². The molecule has 6 heteroatoms. The molecule has 2 aromatic rings. The number of benzene rings is 1. The molecule has 6 nitrogen and oxygen atoms in total. The van der Waals surface area contributed by atoms with Crippen molar-refractivity contribution in [1.29, 1.82) is 0 Å². The number of hydrogen-bond donors (Lipinski definition) is 0. The minimum Gasteiger partial charge on any atom is -0.340 e. The van der Waals surface area contributed by atoms with Crippen molar-refractivity contribution in [3.05, 3.63) is 47.1 Å². The lowest BCUT2D eigenvalue weighted by Gasteiger charge is -2.50. The molecular weight excluding hydrogens is 316 g/mol. The lowest BCUT2D eigenvalue weighted by Crippen LogP contribution is -2.56. The summed E-state index contributed by atoms with van der Waals surface area (Å²) >= 11 is 0. The topological polar surface area (TPSA) is 62.5 Å². The molecule has 1 atom stereocenters. The van der Waals surface area contributed by atoms with Gasteiger partial charge in [-0.15, -0.1) is 0 Å². The highest BCUT2D eigenvalue weighted by Crippen LogP contribution is 2.40. The first-order valence-electron chi connectivity index (χ1n) is 8.84. The van der Waals surface area contributed by atoms with Gasteiger partial charge in [0.25, 0.3) is 0 Å². The van der Waals surface area contributed by atoms with Crippen molar-refractivity contribution in [2.75, 3.05) is 26.2 Å². The summed E-state index contributed by atoms with van der Waals surface area (Å²) in [6.45, 7) is 9.75. The second-order valence-electron chi connectivity index (χ2n) is 7.70. The van der Waals surface area contributed by atoms with Gasteiger partial charge in [0.1, 0.15) is 0 Å². The molecule has 0 aliphatic carbocycles. The molecule has 1 amide bonds. The van der Waals surface area contributed by atoms with E-state index in [0.29, 0.717) is 11.7 Å². The second-order valence-corrected chi connectivity index (χ2v) is 7.70. The fourth-order valence-corrected chi connectivity index (χ4v) is 4.19. The predicted octanol–water partition coefficient (Wildman–Crippen LogP) is 2.10. The Morgan fingerprint density at radius 2 is 2.12 bits per heavy atom. The van der Waals surface area contributed by atoms with Gasteiger partial charge in [0.2, 0.25) is 11.8 Å². The van der Waals surface area contributed by atoms with Crippen molar-refractivity contribution in [3.8, 4) is 0 Å². The smallest absolute Gasteiger partial charge is 0.230 e. The molecule has 2 aliphatic rings. The molecule has 25 heavy (non-hydrogen) atoms. The molecule has 0 bridgehead atoms. The number of amides is 1. The first kappa shape index (κ1) is 16.3. The van der Waals surface area contributed by atoms with Crippen molar-refractivity contribution in [3.63, 3.8) is 0 Å². The van der Waals surface area contributed by atoms with Crippen molar-refractivity contribution in [1.82, 2.24) is 19.9 Å². The highest BCUT2D eigenvalue weighted by molar-refractivity contribution is 5.78. The van der Waals surface area contributed by atoms with Gasteiger partial charge < -0.3 is 9.42 Å². The first-order valence-corrected chi connectivity index (χ1v) is 8.84. The summed E-state index contributed by atoms with van der Waals surface area (Å²) in [6, 6.07) is 8.93. The molecule has 1 aromatic heterocycles. The quantitative estimate of drug-likeness (QED) is 0.838. The zero-order valence-corrected chi connectivity index (χ0v) is 15.0. The van der Waals surface area contributed by atoms with Gasteiger partial charge in [-0.3, -0.25) is 9.69 Å². The minimum atomic E-state index is 0.0720. The molecule has 1 fully saturated rings. The Balaban J connectivity index is 1.55. The van der Waals surface area contributed by atoms with Gasteiger partial charge >= 0.3 is 0 Å². The Hall–Kier alpha value is -2.21. The molecule has 3 heterocycles. The van der Waals surface area contributed by atoms with Crippen LogP contribution < -0.4 is 0 Å². The van der Waals surface area contributed by atoms with Gasteiger partial charge in [0, 0.05) is 38.5 Å². The maximum absolute atomic E-state index is 12.7. The monoisotopic (exact) mass is 340 g/mol. The van der Waals surface area contributed by atoms with Gasteiger partial charge in [-0.25, -0.2) is 0 Å².